The average Bonchev–Trinajstić information content (AvgIpc) is 3.02. The zero-order chi connectivity index (χ0) is 17.2. The molecule has 4 rings (SSSR count). The largest absolute Gasteiger partial charge is 0.454 e. The maximum absolute atomic E-state index is 12.7. The molecule has 0 aliphatic heterocycles. The number of hydrogen-bond donors (Lipinski definition) is 1. The van der Waals surface area contributed by atoms with Crippen LogP contribution in [0.5, 0.6) is 0 Å². The van der Waals surface area contributed by atoms with Crippen molar-refractivity contribution in [3.8, 4) is 11.3 Å². The third kappa shape index (κ3) is 3.08. The molecule has 4 heteroatoms. The summed E-state index contributed by atoms with van der Waals surface area (Å²) in [6.45, 7) is 0. The first-order chi connectivity index (χ1) is 12.2. The van der Waals surface area contributed by atoms with Crippen LogP contribution in [0, 0.1) is 0 Å². The van der Waals surface area contributed by atoms with E-state index in [-0.39, 0.29) is 5.91 Å². The average molecular weight is 392 g/mol. The molecule has 0 saturated carbocycles. The van der Waals surface area contributed by atoms with Gasteiger partial charge in [0.15, 0.2) is 5.76 Å². The Balaban J connectivity index is 1.80. The summed E-state index contributed by atoms with van der Waals surface area (Å²) >= 11 is 3.38. The standard InChI is InChI=1S/C21H14BrNO2/c22-16-12-10-15(11-13-16)21(24)23-19-17-8-4-5-9-18(17)25-20(19)14-6-2-1-3-7-14/h1-13H,(H,23,24). The van der Waals surface area contributed by atoms with Crippen LogP contribution in [0.3, 0.4) is 0 Å². The molecule has 0 bridgehead atoms. The van der Waals surface area contributed by atoms with Crippen LogP contribution in [0.2, 0.25) is 0 Å². The molecule has 0 radical (unpaired) electrons. The Kier molecular flexibility index (Phi) is 4.12. The lowest BCUT2D eigenvalue weighted by Gasteiger charge is -2.07. The van der Waals surface area contributed by atoms with E-state index in [9.17, 15) is 4.79 Å². The Bertz CT molecular complexity index is 1040. The Hall–Kier alpha value is -2.85. The topological polar surface area (TPSA) is 42.2 Å². The monoisotopic (exact) mass is 391 g/mol. The molecule has 1 aromatic heterocycles. The fourth-order valence-electron chi connectivity index (χ4n) is 2.75. The van der Waals surface area contributed by atoms with Gasteiger partial charge in [0.25, 0.3) is 5.91 Å². The van der Waals surface area contributed by atoms with E-state index in [0.29, 0.717) is 17.0 Å². The van der Waals surface area contributed by atoms with Crippen LogP contribution in [-0.4, -0.2) is 5.91 Å². The number of anilines is 1. The number of amides is 1. The van der Waals surface area contributed by atoms with Crippen LogP contribution >= 0.6 is 15.9 Å². The summed E-state index contributed by atoms with van der Waals surface area (Å²) in [4.78, 5) is 12.7. The van der Waals surface area contributed by atoms with E-state index in [1.165, 1.54) is 0 Å². The predicted molar refractivity (Wildman–Crippen MR) is 104 cm³/mol. The molecule has 1 amide bonds. The highest BCUT2D eigenvalue weighted by molar-refractivity contribution is 9.10. The SMILES string of the molecule is O=C(Nc1c(-c2ccccc2)oc2ccccc12)c1ccc(Br)cc1. The van der Waals surface area contributed by atoms with E-state index < -0.39 is 0 Å². The van der Waals surface area contributed by atoms with Gasteiger partial charge < -0.3 is 9.73 Å². The van der Waals surface area contributed by atoms with Crippen LogP contribution in [0.25, 0.3) is 22.3 Å². The number of para-hydroxylation sites is 1. The van der Waals surface area contributed by atoms with E-state index in [0.717, 1.165) is 21.0 Å². The predicted octanol–water partition coefficient (Wildman–Crippen LogP) is 6.11. The van der Waals surface area contributed by atoms with Crippen LogP contribution < -0.4 is 5.32 Å². The van der Waals surface area contributed by atoms with Gasteiger partial charge in [-0.05, 0) is 36.4 Å². The molecule has 0 fully saturated rings. The van der Waals surface area contributed by atoms with Gasteiger partial charge in [-0.1, -0.05) is 58.4 Å². The van der Waals surface area contributed by atoms with E-state index in [1.54, 1.807) is 12.1 Å². The van der Waals surface area contributed by atoms with Gasteiger partial charge in [-0.2, -0.15) is 0 Å². The molecule has 0 saturated heterocycles. The lowest BCUT2D eigenvalue weighted by molar-refractivity contribution is 0.102. The van der Waals surface area contributed by atoms with Gasteiger partial charge in [-0.25, -0.2) is 0 Å². The molecular formula is C21H14BrNO2. The number of benzene rings is 3. The Morgan fingerprint density at radius 2 is 1.52 bits per heavy atom. The molecule has 0 aliphatic carbocycles. The summed E-state index contributed by atoms with van der Waals surface area (Å²) < 4.78 is 6.95. The number of carbonyl (C=O) groups is 1. The molecule has 0 spiro atoms. The van der Waals surface area contributed by atoms with E-state index in [2.05, 4.69) is 21.2 Å². The van der Waals surface area contributed by atoms with Crippen molar-refractivity contribution >= 4 is 38.5 Å². The van der Waals surface area contributed by atoms with Crippen molar-refractivity contribution in [2.24, 2.45) is 0 Å². The summed E-state index contributed by atoms with van der Waals surface area (Å²) in [6.07, 6.45) is 0. The summed E-state index contributed by atoms with van der Waals surface area (Å²) in [5.74, 6) is 0.489. The fraction of sp³-hybridized carbons (Fsp3) is 0. The maximum Gasteiger partial charge on any atom is 0.255 e. The minimum absolute atomic E-state index is 0.170. The van der Waals surface area contributed by atoms with Gasteiger partial charge in [-0.3, -0.25) is 4.79 Å². The number of fused-ring (bicyclic) bond motifs is 1. The lowest BCUT2D eigenvalue weighted by atomic mass is 10.1. The van der Waals surface area contributed by atoms with Gasteiger partial charge in [0.1, 0.15) is 5.58 Å². The normalized spacial score (nSPS) is 10.8. The zero-order valence-corrected chi connectivity index (χ0v) is 14.8. The van der Waals surface area contributed by atoms with Crippen LogP contribution in [-0.2, 0) is 0 Å². The third-order valence-corrected chi connectivity index (χ3v) is 4.51. The second kappa shape index (κ2) is 6.57. The molecule has 0 aliphatic rings. The first-order valence-electron chi connectivity index (χ1n) is 7.86. The molecular weight excluding hydrogens is 378 g/mol. The van der Waals surface area contributed by atoms with Crippen LogP contribution in [0.4, 0.5) is 5.69 Å². The minimum Gasteiger partial charge on any atom is -0.454 e. The Labute approximate surface area is 153 Å². The lowest BCUT2D eigenvalue weighted by Crippen LogP contribution is -2.12. The maximum atomic E-state index is 12.7. The van der Waals surface area contributed by atoms with Crippen molar-refractivity contribution in [3.63, 3.8) is 0 Å². The van der Waals surface area contributed by atoms with Crippen molar-refractivity contribution in [3.05, 3.63) is 88.9 Å². The number of hydrogen-bond acceptors (Lipinski definition) is 2. The van der Waals surface area contributed by atoms with Crippen molar-refractivity contribution in [1.29, 1.82) is 0 Å². The fourth-order valence-corrected chi connectivity index (χ4v) is 3.01. The van der Waals surface area contributed by atoms with Crippen LogP contribution in [0.1, 0.15) is 10.4 Å². The van der Waals surface area contributed by atoms with Crippen LogP contribution in [0.15, 0.2) is 87.8 Å². The highest BCUT2D eigenvalue weighted by atomic mass is 79.9. The van der Waals surface area contributed by atoms with Gasteiger partial charge in [-0.15, -0.1) is 0 Å². The van der Waals surface area contributed by atoms with E-state index in [1.807, 2.05) is 66.7 Å². The molecule has 1 heterocycles. The van der Waals surface area contributed by atoms with E-state index in [4.69, 9.17) is 4.42 Å². The number of nitrogens with one attached hydrogen (secondary N) is 1. The molecule has 25 heavy (non-hydrogen) atoms. The summed E-state index contributed by atoms with van der Waals surface area (Å²) in [5, 5.41) is 3.90. The Morgan fingerprint density at radius 3 is 2.28 bits per heavy atom. The molecule has 0 atom stereocenters. The van der Waals surface area contributed by atoms with Crippen molar-refractivity contribution in [2.45, 2.75) is 0 Å². The number of carbonyl (C=O) groups excluding carboxylic acids is 1. The second-order valence-electron chi connectivity index (χ2n) is 5.63. The summed E-state index contributed by atoms with van der Waals surface area (Å²) in [7, 11) is 0. The second-order valence-corrected chi connectivity index (χ2v) is 6.55. The quantitative estimate of drug-likeness (QED) is 0.457. The Morgan fingerprint density at radius 1 is 0.840 bits per heavy atom. The van der Waals surface area contributed by atoms with Gasteiger partial charge in [0.2, 0.25) is 0 Å². The van der Waals surface area contributed by atoms with Gasteiger partial charge in [0.05, 0.1) is 5.69 Å². The number of furan rings is 1. The highest BCUT2D eigenvalue weighted by Gasteiger charge is 2.18. The van der Waals surface area contributed by atoms with Crippen molar-refractivity contribution < 1.29 is 9.21 Å². The number of halogens is 1. The third-order valence-electron chi connectivity index (χ3n) is 3.98. The first-order valence-corrected chi connectivity index (χ1v) is 8.65. The molecule has 3 aromatic carbocycles. The van der Waals surface area contributed by atoms with Gasteiger partial charge in [0, 0.05) is 21.0 Å². The van der Waals surface area contributed by atoms with Crippen molar-refractivity contribution in [1.82, 2.24) is 0 Å². The highest BCUT2D eigenvalue weighted by Crippen LogP contribution is 2.38. The summed E-state index contributed by atoms with van der Waals surface area (Å²) in [6, 6.07) is 24.7. The molecule has 122 valence electrons. The molecule has 3 nitrogen and oxygen atoms in total. The number of rotatable bonds is 3. The van der Waals surface area contributed by atoms with Gasteiger partial charge >= 0.3 is 0 Å². The first kappa shape index (κ1) is 15.7. The van der Waals surface area contributed by atoms with Crippen molar-refractivity contribution in [2.75, 3.05) is 5.32 Å². The summed E-state index contributed by atoms with van der Waals surface area (Å²) in [5.41, 5.74) is 2.94. The minimum atomic E-state index is -0.170. The molecule has 0 unspecified atom stereocenters. The van der Waals surface area contributed by atoms with E-state index >= 15 is 0 Å². The molecule has 4 aromatic rings. The molecule has 1 N–H and O–H groups in total. The smallest absolute Gasteiger partial charge is 0.255 e. The zero-order valence-electron chi connectivity index (χ0n) is 13.2.